The number of fused-ring (bicyclic) bond motifs is 3. The first-order valence-electron chi connectivity index (χ1n) is 6.26. The van der Waals surface area contributed by atoms with Crippen molar-refractivity contribution in [3.8, 4) is 0 Å². The number of ketones is 1. The highest BCUT2D eigenvalue weighted by Crippen LogP contribution is 2.41. The number of hydrogen-bond donors (Lipinski definition) is 0. The molecule has 2 aliphatic heterocycles. The van der Waals surface area contributed by atoms with Crippen molar-refractivity contribution in [2.75, 3.05) is 11.4 Å². The Hall–Kier alpha value is -1.57. The van der Waals surface area contributed by atoms with Crippen LogP contribution < -0.4 is 4.90 Å². The summed E-state index contributed by atoms with van der Waals surface area (Å²) in [6.45, 7) is 5.22. The summed E-state index contributed by atoms with van der Waals surface area (Å²) in [7, 11) is 0. The molecule has 2 heteroatoms. The Balaban J connectivity index is 2.12. The molecule has 0 aromatic heterocycles. The van der Waals surface area contributed by atoms with Crippen LogP contribution in [0.25, 0.3) is 0 Å². The van der Waals surface area contributed by atoms with Crippen LogP contribution in [0.2, 0.25) is 0 Å². The minimum atomic E-state index is 0.277. The second kappa shape index (κ2) is 3.73. The van der Waals surface area contributed by atoms with Crippen LogP contribution in [0.4, 0.5) is 5.69 Å². The third kappa shape index (κ3) is 1.68. The molecule has 0 fully saturated rings. The summed E-state index contributed by atoms with van der Waals surface area (Å²) in [5, 5.41) is 0. The number of benzene rings is 1. The van der Waals surface area contributed by atoms with Crippen molar-refractivity contribution in [3.63, 3.8) is 0 Å². The van der Waals surface area contributed by atoms with E-state index in [9.17, 15) is 4.79 Å². The number of nitrogens with zero attached hydrogens (tertiary/aromatic N) is 1. The Bertz CT molecular complexity index is 516. The van der Waals surface area contributed by atoms with E-state index in [-0.39, 0.29) is 5.78 Å². The van der Waals surface area contributed by atoms with Crippen molar-refractivity contribution in [1.82, 2.24) is 0 Å². The van der Waals surface area contributed by atoms with E-state index < -0.39 is 0 Å². The third-order valence-electron chi connectivity index (χ3n) is 3.78. The Morgan fingerprint density at radius 1 is 1.35 bits per heavy atom. The van der Waals surface area contributed by atoms with Crippen molar-refractivity contribution >= 4 is 11.5 Å². The third-order valence-corrected chi connectivity index (χ3v) is 3.78. The molecule has 0 saturated carbocycles. The Kier molecular flexibility index (Phi) is 2.32. The van der Waals surface area contributed by atoms with Crippen LogP contribution in [0.1, 0.15) is 36.8 Å². The summed E-state index contributed by atoms with van der Waals surface area (Å²) in [4.78, 5) is 13.8. The maximum atomic E-state index is 11.5. The highest BCUT2D eigenvalue weighted by atomic mass is 16.1. The van der Waals surface area contributed by atoms with E-state index in [2.05, 4.69) is 36.9 Å². The number of rotatable bonds is 0. The topological polar surface area (TPSA) is 20.3 Å². The highest BCUT2D eigenvalue weighted by Gasteiger charge is 2.29. The molecule has 88 valence electrons. The number of aryl methyl sites for hydroxylation is 1. The predicted molar refractivity (Wildman–Crippen MR) is 69.3 cm³/mol. The van der Waals surface area contributed by atoms with Gasteiger partial charge in [0, 0.05) is 30.4 Å². The average molecular weight is 227 g/mol. The van der Waals surface area contributed by atoms with Crippen molar-refractivity contribution in [2.24, 2.45) is 0 Å². The van der Waals surface area contributed by atoms with Crippen LogP contribution in [-0.2, 0) is 4.79 Å². The summed E-state index contributed by atoms with van der Waals surface area (Å²) in [6.07, 6.45) is 3.47. The number of allylic oxidation sites excluding steroid dienone is 2. The van der Waals surface area contributed by atoms with Gasteiger partial charge in [0.25, 0.3) is 0 Å². The fraction of sp³-hybridized carbons (Fsp3) is 0.400. The van der Waals surface area contributed by atoms with Crippen LogP contribution >= 0.6 is 0 Å². The molecule has 1 aromatic carbocycles. The number of carbonyl (C=O) groups is 1. The lowest BCUT2D eigenvalue weighted by molar-refractivity contribution is -0.114. The monoisotopic (exact) mass is 227 g/mol. The van der Waals surface area contributed by atoms with Gasteiger partial charge in [-0.1, -0.05) is 24.6 Å². The summed E-state index contributed by atoms with van der Waals surface area (Å²) in [5.74, 6) is 0.789. The molecule has 0 radical (unpaired) electrons. The summed E-state index contributed by atoms with van der Waals surface area (Å²) in [5.41, 5.74) is 5.24. The zero-order chi connectivity index (χ0) is 12.0. The first-order valence-corrected chi connectivity index (χ1v) is 6.26. The second-order valence-electron chi connectivity index (χ2n) is 5.17. The summed E-state index contributed by atoms with van der Waals surface area (Å²) < 4.78 is 0. The van der Waals surface area contributed by atoms with Crippen LogP contribution in [0.5, 0.6) is 0 Å². The minimum absolute atomic E-state index is 0.277. The van der Waals surface area contributed by atoms with E-state index in [1.807, 2.05) is 6.08 Å². The zero-order valence-corrected chi connectivity index (χ0v) is 10.4. The molecule has 2 nitrogen and oxygen atoms in total. The Morgan fingerprint density at radius 3 is 3.00 bits per heavy atom. The van der Waals surface area contributed by atoms with Crippen molar-refractivity contribution in [3.05, 3.63) is 41.1 Å². The van der Waals surface area contributed by atoms with Crippen molar-refractivity contribution in [1.29, 1.82) is 0 Å². The molecule has 2 heterocycles. The normalized spacial score (nSPS) is 22.9. The first-order chi connectivity index (χ1) is 8.15. The van der Waals surface area contributed by atoms with Gasteiger partial charge < -0.3 is 4.90 Å². The van der Waals surface area contributed by atoms with Gasteiger partial charge in [-0.2, -0.15) is 0 Å². The molecule has 0 unspecified atom stereocenters. The van der Waals surface area contributed by atoms with E-state index in [1.165, 1.54) is 22.5 Å². The largest absolute Gasteiger partial charge is 0.344 e. The molecule has 0 bridgehead atoms. The zero-order valence-electron chi connectivity index (χ0n) is 10.4. The van der Waals surface area contributed by atoms with E-state index in [0.29, 0.717) is 12.3 Å². The van der Waals surface area contributed by atoms with E-state index in [4.69, 9.17) is 0 Å². The van der Waals surface area contributed by atoms with E-state index in [1.54, 1.807) is 0 Å². The van der Waals surface area contributed by atoms with Gasteiger partial charge in [0.05, 0.1) is 0 Å². The SMILES string of the molecule is Cc1ccc2c(c1)[C@H](C)CC1=CC(=O)CCN12. The molecular weight excluding hydrogens is 210 g/mol. The summed E-state index contributed by atoms with van der Waals surface area (Å²) >= 11 is 0. The quantitative estimate of drug-likeness (QED) is 0.678. The Labute approximate surface area is 102 Å². The van der Waals surface area contributed by atoms with Gasteiger partial charge in [-0.15, -0.1) is 0 Å². The fourth-order valence-corrected chi connectivity index (χ4v) is 2.88. The maximum absolute atomic E-state index is 11.5. The van der Waals surface area contributed by atoms with Gasteiger partial charge in [-0.25, -0.2) is 0 Å². The average Bonchev–Trinajstić information content (AvgIpc) is 2.29. The maximum Gasteiger partial charge on any atom is 0.159 e. The molecule has 3 rings (SSSR count). The second-order valence-corrected chi connectivity index (χ2v) is 5.17. The van der Waals surface area contributed by atoms with Crippen LogP contribution in [-0.4, -0.2) is 12.3 Å². The van der Waals surface area contributed by atoms with Gasteiger partial charge in [0.1, 0.15) is 0 Å². The Morgan fingerprint density at radius 2 is 2.18 bits per heavy atom. The lowest BCUT2D eigenvalue weighted by atomic mass is 9.86. The van der Waals surface area contributed by atoms with Crippen molar-refractivity contribution in [2.45, 2.75) is 32.6 Å². The first kappa shape index (κ1) is 10.6. The molecule has 1 atom stereocenters. The fourth-order valence-electron chi connectivity index (χ4n) is 2.88. The number of anilines is 1. The van der Waals surface area contributed by atoms with Crippen LogP contribution in [0.3, 0.4) is 0 Å². The lowest BCUT2D eigenvalue weighted by Crippen LogP contribution is -2.34. The molecule has 2 aliphatic rings. The van der Waals surface area contributed by atoms with Gasteiger partial charge in [-0.3, -0.25) is 4.79 Å². The predicted octanol–water partition coefficient (Wildman–Crippen LogP) is 3.17. The molecule has 1 aromatic rings. The summed E-state index contributed by atoms with van der Waals surface area (Å²) in [6, 6.07) is 6.64. The van der Waals surface area contributed by atoms with Gasteiger partial charge in [0.2, 0.25) is 0 Å². The number of hydrogen-bond acceptors (Lipinski definition) is 2. The van der Waals surface area contributed by atoms with E-state index in [0.717, 1.165) is 13.0 Å². The van der Waals surface area contributed by atoms with Crippen LogP contribution in [0, 0.1) is 6.92 Å². The molecule has 17 heavy (non-hydrogen) atoms. The smallest absolute Gasteiger partial charge is 0.159 e. The molecule has 0 saturated heterocycles. The molecular formula is C15H17NO. The van der Waals surface area contributed by atoms with Gasteiger partial charge in [-0.05, 0) is 30.9 Å². The molecule has 0 amide bonds. The minimum Gasteiger partial charge on any atom is -0.344 e. The van der Waals surface area contributed by atoms with Crippen molar-refractivity contribution < 1.29 is 4.79 Å². The molecule has 0 aliphatic carbocycles. The van der Waals surface area contributed by atoms with Crippen LogP contribution in [0.15, 0.2) is 30.0 Å². The molecule has 0 spiro atoms. The van der Waals surface area contributed by atoms with Gasteiger partial charge >= 0.3 is 0 Å². The van der Waals surface area contributed by atoms with E-state index >= 15 is 0 Å². The molecule has 0 N–H and O–H groups in total. The standard InChI is InChI=1S/C15H17NO/c1-10-3-4-15-14(7-10)11(2)8-12-9-13(17)5-6-16(12)15/h3-4,7,9,11H,5-6,8H2,1-2H3/t11-/m1/s1. The lowest BCUT2D eigenvalue weighted by Gasteiger charge is -2.38. The van der Waals surface area contributed by atoms with Gasteiger partial charge in [0.15, 0.2) is 5.78 Å². The highest BCUT2D eigenvalue weighted by molar-refractivity contribution is 5.93. The number of carbonyl (C=O) groups excluding carboxylic acids is 1.